The molecule has 0 N–H and O–H groups in total. The third-order valence-corrected chi connectivity index (χ3v) is 5.66. The number of methoxy groups -OCH3 is 1. The van der Waals surface area contributed by atoms with E-state index in [4.69, 9.17) is 4.74 Å². The maximum absolute atomic E-state index is 13.3. The van der Waals surface area contributed by atoms with Crippen LogP contribution < -0.4 is 4.74 Å². The minimum Gasteiger partial charge on any atom is -0.496 e. The summed E-state index contributed by atoms with van der Waals surface area (Å²) in [7, 11) is 5.92. The molecule has 1 aromatic rings. The van der Waals surface area contributed by atoms with Crippen LogP contribution in [0.25, 0.3) is 0 Å². The van der Waals surface area contributed by atoms with Crippen molar-refractivity contribution in [2.45, 2.75) is 37.6 Å². The Labute approximate surface area is 139 Å². The first kappa shape index (κ1) is 16.3. The van der Waals surface area contributed by atoms with Gasteiger partial charge >= 0.3 is 0 Å². The van der Waals surface area contributed by atoms with Gasteiger partial charge in [-0.05, 0) is 38.9 Å². The van der Waals surface area contributed by atoms with E-state index in [2.05, 4.69) is 36.9 Å². The molecule has 2 atom stereocenters. The predicted molar refractivity (Wildman–Crippen MR) is 91.7 cm³/mol. The lowest BCUT2D eigenvalue weighted by molar-refractivity contribution is -0.133. The molecule has 2 aliphatic rings. The Morgan fingerprint density at radius 1 is 1.30 bits per heavy atom. The first-order chi connectivity index (χ1) is 11.0. The fourth-order valence-corrected chi connectivity index (χ4v) is 4.07. The van der Waals surface area contributed by atoms with Gasteiger partial charge in [-0.2, -0.15) is 0 Å². The van der Waals surface area contributed by atoms with Crippen molar-refractivity contribution in [3.05, 3.63) is 29.8 Å². The third kappa shape index (κ3) is 2.74. The van der Waals surface area contributed by atoms with Crippen LogP contribution in [0.15, 0.2) is 24.3 Å². The molecule has 1 amide bonds. The van der Waals surface area contributed by atoms with Gasteiger partial charge in [-0.1, -0.05) is 31.5 Å². The van der Waals surface area contributed by atoms with Gasteiger partial charge in [0.25, 0.3) is 0 Å². The highest BCUT2D eigenvalue weighted by Crippen LogP contribution is 2.53. The van der Waals surface area contributed by atoms with Crippen LogP contribution in [0.3, 0.4) is 0 Å². The highest BCUT2D eigenvalue weighted by molar-refractivity contribution is 5.92. The summed E-state index contributed by atoms with van der Waals surface area (Å²) in [5.74, 6) is 1.71. The van der Waals surface area contributed by atoms with Gasteiger partial charge in [-0.25, -0.2) is 0 Å². The number of amides is 1. The van der Waals surface area contributed by atoms with E-state index in [1.54, 1.807) is 7.11 Å². The molecule has 1 aromatic carbocycles. The van der Waals surface area contributed by atoms with Crippen LogP contribution in [0.2, 0.25) is 0 Å². The lowest BCUT2D eigenvalue weighted by Crippen LogP contribution is -2.40. The summed E-state index contributed by atoms with van der Waals surface area (Å²) >= 11 is 0. The number of ether oxygens (including phenoxy) is 1. The fourth-order valence-electron chi connectivity index (χ4n) is 4.07. The SMILES string of the molecule is CCC1CN(C(=O)C2(c3ccccc3OC)CC2)CC1N(C)C. The molecule has 0 bridgehead atoms. The van der Waals surface area contributed by atoms with Crippen molar-refractivity contribution in [3.8, 4) is 5.75 Å². The summed E-state index contributed by atoms with van der Waals surface area (Å²) in [6, 6.07) is 8.46. The molecule has 1 saturated carbocycles. The number of likely N-dealkylation sites (tertiary alicyclic amines) is 1. The van der Waals surface area contributed by atoms with E-state index in [-0.39, 0.29) is 5.41 Å². The van der Waals surface area contributed by atoms with Gasteiger partial charge in [0.1, 0.15) is 5.75 Å². The van der Waals surface area contributed by atoms with E-state index in [1.165, 1.54) is 0 Å². The van der Waals surface area contributed by atoms with Crippen LogP contribution in [-0.4, -0.2) is 56.0 Å². The molecule has 0 spiro atoms. The van der Waals surface area contributed by atoms with Crippen LogP contribution in [0.5, 0.6) is 5.75 Å². The summed E-state index contributed by atoms with van der Waals surface area (Å²) in [6.07, 6.45) is 2.99. The Balaban J connectivity index is 1.83. The van der Waals surface area contributed by atoms with Gasteiger partial charge in [0, 0.05) is 24.7 Å². The van der Waals surface area contributed by atoms with Gasteiger partial charge < -0.3 is 14.5 Å². The highest BCUT2D eigenvalue weighted by atomic mass is 16.5. The number of rotatable bonds is 5. The highest BCUT2D eigenvalue weighted by Gasteiger charge is 2.55. The van der Waals surface area contributed by atoms with Gasteiger partial charge in [-0.3, -0.25) is 4.79 Å². The summed E-state index contributed by atoms with van der Waals surface area (Å²) in [5.41, 5.74) is 0.723. The second-order valence-corrected chi connectivity index (χ2v) is 7.19. The van der Waals surface area contributed by atoms with Crippen molar-refractivity contribution in [1.82, 2.24) is 9.80 Å². The second kappa shape index (κ2) is 6.16. The molecule has 1 aliphatic heterocycles. The maximum atomic E-state index is 13.3. The van der Waals surface area contributed by atoms with Crippen molar-refractivity contribution in [2.24, 2.45) is 5.92 Å². The van der Waals surface area contributed by atoms with Crippen LogP contribution in [0.4, 0.5) is 0 Å². The molecule has 0 aromatic heterocycles. The van der Waals surface area contributed by atoms with Crippen molar-refractivity contribution in [2.75, 3.05) is 34.3 Å². The topological polar surface area (TPSA) is 32.8 Å². The van der Waals surface area contributed by atoms with E-state index in [0.717, 1.165) is 43.7 Å². The molecule has 0 radical (unpaired) electrons. The molecule has 23 heavy (non-hydrogen) atoms. The summed E-state index contributed by atoms with van der Waals surface area (Å²) in [5, 5.41) is 0. The number of benzene rings is 1. The van der Waals surface area contributed by atoms with E-state index in [0.29, 0.717) is 17.9 Å². The Morgan fingerprint density at radius 2 is 2.00 bits per heavy atom. The average Bonchev–Trinajstić information content (AvgIpc) is 3.25. The summed E-state index contributed by atoms with van der Waals surface area (Å²) in [4.78, 5) is 17.6. The number of nitrogens with zero attached hydrogens (tertiary/aromatic N) is 2. The number of para-hydroxylation sites is 1. The quantitative estimate of drug-likeness (QED) is 0.837. The minimum absolute atomic E-state index is 0.296. The molecule has 1 aliphatic carbocycles. The zero-order valence-electron chi connectivity index (χ0n) is 14.7. The first-order valence-electron chi connectivity index (χ1n) is 8.62. The van der Waals surface area contributed by atoms with E-state index < -0.39 is 0 Å². The average molecular weight is 316 g/mol. The van der Waals surface area contributed by atoms with Crippen LogP contribution >= 0.6 is 0 Å². The third-order valence-electron chi connectivity index (χ3n) is 5.66. The minimum atomic E-state index is -0.341. The van der Waals surface area contributed by atoms with Crippen molar-refractivity contribution < 1.29 is 9.53 Å². The molecule has 4 heteroatoms. The molecule has 4 nitrogen and oxygen atoms in total. The van der Waals surface area contributed by atoms with Crippen LogP contribution in [0, 0.1) is 5.92 Å². The maximum Gasteiger partial charge on any atom is 0.233 e. The molecule has 1 heterocycles. The molecule has 2 unspecified atom stereocenters. The molecule has 1 saturated heterocycles. The van der Waals surface area contributed by atoms with Crippen LogP contribution in [-0.2, 0) is 10.2 Å². The predicted octanol–water partition coefficient (Wildman–Crippen LogP) is 2.53. The van der Waals surface area contributed by atoms with Gasteiger partial charge in [0.2, 0.25) is 5.91 Å². The van der Waals surface area contributed by atoms with Gasteiger partial charge in [0.15, 0.2) is 0 Å². The molecular formula is C19H28N2O2. The van der Waals surface area contributed by atoms with Crippen molar-refractivity contribution in [3.63, 3.8) is 0 Å². The number of likely N-dealkylation sites (N-methyl/N-ethyl adjacent to an activating group) is 1. The summed E-state index contributed by atoms with van der Waals surface area (Å²) < 4.78 is 5.51. The molecule has 3 rings (SSSR count). The first-order valence-corrected chi connectivity index (χ1v) is 8.62. The number of hydrogen-bond acceptors (Lipinski definition) is 3. The largest absolute Gasteiger partial charge is 0.496 e. The lowest BCUT2D eigenvalue weighted by Gasteiger charge is -2.26. The van der Waals surface area contributed by atoms with E-state index in [1.807, 2.05) is 18.2 Å². The Kier molecular flexibility index (Phi) is 4.37. The Bertz CT molecular complexity index is 580. The second-order valence-electron chi connectivity index (χ2n) is 7.19. The van der Waals surface area contributed by atoms with E-state index in [9.17, 15) is 4.79 Å². The summed E-state index contributed by atoms with van der Waals surface area (Å²) in [6.45, 7) is 3.96. The smallest absolute Gasteiger partial charge is 0.233 e. The van der Waals surface area contributed by atoms with Crippen LogP contribution in [0.1, 0.15) is 31.7 Å². The zero-order chi connectivity index (χ0) is 16.6. The number of carbonyl (C=O) groups is 1. The number of hydrogen-bond donors (Lipinski definition) is 0. The monoisotopic (exact) mass is 316 g/mol. The molecule has 126 valence electrons. The molecular weight excluding hydrogens is 288 g/mol. The normalized spacial score (nSPS) is 25.7. The number of carbonyl (C=O) groups excluding carboxylic acids is 1. The van der Waals surface area contributed by atoms with E-state index >= 15 is 0 Å². The van der Waals surface area contributed by atoms with Gasteiger partial charge in [0.05, 0.1) is 12.5 Å². The van der Waals surface area contributed by atoms with Crippen molar-refractivity contribution >= 4 is 5.91 Å². The standard InChI is InChI=1S/C19H28N2O2/c1-5-14-12-21(13-16(14)20(2)3)18(22)19(10-11-19)15-8-6-7-9-17(15)23-4/h6-9,14,16H,5,10-13H2,1-4H3. The molecule has 2 fully saturated rings. The zero-order valence-corrected chi connectivity index (χ0v) is 14.7. The van der Waals surface area contributed by atoms with Crippen molar-refractivity contribution in [1.29, 1.82) is 0 Å². The Morgan fingerprint density at radius 3 is 2.52 bits per heavy atom. The lowest BCUT2D eigenvalue weighted by atomic mass is 9.93. The van der Waals surface area contributed by atoms with Gasteiger partial charge in [-0.15, -0.1) is 0 Å². The Hall–Kier alpha value is -1.55. The fraction of sp³-hybridized carbons (Fsp3) is 0.632.